The average Bonchev–Trinajstić information content (AvgIpc) is 2.07. The molecule has 0 aliphatic rings. The van der Waals surface area contributed by atoms with Gasteiger partial charge in [0.15, 0.2) is 0 Å². The molecule has 0 bridgehead atoms. The van der Waals surface area contributed by atoms with Gasteiger partial charge in [-0.2, -0.15) is 0 Å². The molecule has 0 radical (unpaired) electrons. The highest BCUT2D eigenvalue weighted by molar-refractivity contribution is 6.15. The number of halogens is 1. The second-order valence-corrected chi connectivity index (χ2v) is 2.82. The van der Waals surface area contributed by atoms with Crippen molar-refractivity contribution in [1.29, 1.82) is 0 Å². The van der Waals surface area contributed by atoms with E-state index in [0.717, 1.165) is 13.0 Å². The highest BCUT2D eigenvalue weighted by Gasteiger charge is 2.02. The van der Waals surface area contributed by atoms with E-state index in [0.29, 0.717) is 12.0 Å². The monoisotopic (exact) mass is 207 g/mol. The molecule has 0 aromatic carbocycles. The molecular weight excluding hydrogens is 190 g/mol. The molecule has 0 aliphatic carbocycles. The minimum Gasteiger partial charge on any atom is -0.478 e. The Morgan fingerprint density at radius 3 is 2.23 bits per heavy atom. The van der Waals surface area contributed by atoms with Crippen molar-refractivity contribution < 1.29 is 9.90 Å². The Kier molecular flexibility index (Phi) is 11.0. The normalized spacial score (nSPS) is 9.00. The predicted molar refractivity (Wildman–Crippen MR) is 56.3 cm³/mol. The second kappa shape index (κ2) is 9.55. The van der Waals surface area contributed by atoms with Gasteiger partial charge in [-0.25, -0.2) is 4.79 Å². The van der Waals surface area contributed by atoms with Crippen molar-refractivity contribution >= 4 is 17.6 Å². The van der Waals surface area contributed by atoms with Crippen molar-refractivity contribution in [3.05, 3.63) is 12.2 Å². The van der Waals surface area contributed by atoms with Gasteiger partial charge in [0.1, 0.15) is 0 Å². The Labute approximate surface area is 85.0 Å². The largest absolute Gasteiger partial charge is 0.478 e. The molecule has 0 aliphatic heterocycles. The number of carboxylic acid groups (broad SMARTS) is 1. The zero-order valence-corrected chi connectivity index (χ0v) is 9.26. The Morgan fingerprint density at radius 1 is 1.46 bits per heavy atom. The van der Waals surface area contributed by atoms with Gasteiger partial charge < -0.3 is 10.0 Å². The van der Waals surface area contributed by atoms with Crippen molar-refractivity contribution in [3.8, 4) is 0 Å². The summed E-state index contributed by atoms with van der Waals surface area (Å²) in [6.07, 6.45) is 2.91. The minimum atomic E-state index is -0.885. The smallest absolute Gasteiger partial charge is 0.330 e. The van der Waals surface area contributed by atoms with Crippen molar-refractivity contribution in [2.75, 3.05) is 27.0 Å². The molecule has 0 saturated heterocycles. The molecule has 0 amide bonds. The summed E-state index contributed by atoms with van der Waals surface area (Å²) in [6.45, 7) is 4.34. The van der Waals surface area contributed by atoms with Crippen molar-refractivity contribution in [2.45, 2.75) is 12.8 Å². The van der Waals surface area contributed by atoms with Gasteiger partial charge in [-0.1, -0.05) is 6.58 Å². The van der Waals surface area contributed by atoms with Crippen LogP contribution in [0.15, 0.2) is 12.2 Å². The maximum atomic E-state index is 10.3. The van der Waals surface area contributed by atoms with Crippen LogP contribution in [0.1, 0.15) is 12.8 Å². The summed E-state index contributed by atoms with van der Waals surface area (Å²) in [5.41, 5.74) is 0.298. The first-order valence-electron chi connectivity index (χ1n) is 3.97. The van der Waals surface area contributed by atoms with Crippen molar-refractivity contribution in [2.24, 2.45) is 0 Å². The third-order valence-electron chi connectivity index (χ3n) is 1.39. The number of aliphatic carboxylic acids is 1. The lowest BCUT2D eigenvalue weighted by Gasteiger charge is -2.08. The van der Waals surface area contributed by atoms with E-state index in [2.05, 4.69) is 18.2 Å². The number of alkyl halides is 1. The van der Waals surface area contributed by atoms with Gasteiger partial charge in [0.25, 0.3) is 0 Å². The van der Waals surface area contributed by atoms with Crippen LogP contribution >= 0.6 is 11.6 Å². The van der Waals surface area contributed by atoms with Crippen LogP contribution in [-0.4, -0.2) is 43.0 Å². The van der Waals surface area contributed by atoms with Gasteiger partial charge in [-0.3, -0.25) is 0 Å². The number of carboxylic acids is 1. The molecule has 0 spiro atoms. The lowest BCUT2D eigenvalue weighted by atomic mass is 10.1. The molecule has 13 heavy (non-hydrogen) atoms. The van der Waals surface area contributed by atoms with E-state index < -0.39 is 5.97 Å². The number of hydrogen-bond acceptors (Lipinski definition) is 2. The maximum absolute atomic E-state index is 10.3. The third kappa shape index (κ3) is 11.5. The zero-order valence-electron chi connectivity index (χ0n) is 8.51. The van der Waals surface area contributed by atoms with Crippen LogP contribution in [0.2, 0.25) is 0 Å². The molecule has 0 fully saturated rings. The van der Waals surface area contributed by atoms with Crippen molar-refractivity contribution in [3.63, 3.8) is 0 Å². The fraction of sp³-hybridized carbons (Fsp3) is 0.667. The second-order valence-electron chi connectivity index (χ2n) is 2.82. The van der Waals surface area contributed by atoms with Gasteiger partial charge in [0.05, 0.1) is 0 Å². The van der Waals surface area contributed by atoms with Crippen LogP contribution in [0.5, 0.6) is 0 Å². The molecule has 3 nitrogen and oxygen atoms in total. The summed E-state index contributed by atoms with van der Waals surface area (Å²) in [5.74, 6) is -0.885. The lowest BCUT2D eigenvalue weighted by molar-refractivity contribution is -0.132. The van der Waals surface area contributed by atoms with Crippen LogP contribution in [0, 0.1) is 0 Å². The molecule has 0 atom stereocenters. The summed E-state index contributed by atoms with van der Waals surface area (Å²) < 4.78 is 0. The van der Waals surface area contributed by atoms with E-state index >= 15 is 0 Å². The van der Waals surface area contributed by atoms with Crippen LogP contribution in [0.3, 0.4) is 0 Å². The number of hydrogen-bond donors (Lipinski definition) is 1. The Morgan fingerprint density at radius 2 is 1.92 bits per heavy atom. The predicted octanol–water partition coefficient (Wildman–Crippen LogP) is 1.82. The lowest BCUT2D eigenvalue weighted by Crippen LogP contribution is -2.13. The molecule has 1 N–H and O–H groups in total. The maximum Gasteiger partial charge on any atom is 0.330 e. The summed E-state index contributed by atoms with van der Waals surface area (Å²) in [6, 6.07) is 0. The van der Waals surface area contributed by atoms with Crippen molar-refractivity contribution in [1.82, 2.24) is 4.90 Å². The SMILES string of the molecule is C=C(CCCN(C)C)C(=O)O.CCl. The third-order valence-corrected chi connectivity index (χ3v) is 1.39. The molecule has 0 aromatic heterocycles. The van der Waals surface area contributed by atoms with Gasteiger partial charge in [0.2, 0.25) is 0 Å². The summed E-state index contributed by atoms with van der Waals surface area (Å²) >= 11 is 4.64. The number of nitrogens with zero attached hydrogens (tertiary/aromatic N) is 1. The first-order chi connectivity index (χ1) is 6.04. The van der Waals surface area contributed by atoms with Crippen LogP contribution in [0.25, 0.3) is 0 Å². The molecule has 0 aromatic rings. The molecule has 0 unspecified atom stereocenters. The van der Waals surface area contributed by atoms with Gasteiger partial charge in [-0.05, 0) is 33.5 Å². The summed E-state index contributed by atoms with van der Waals surface area (Å²) in [7, 11) is 3.92. The fourth-order valence-electron chi connectivity index (χ4n) is 0.716. The van der Waals surface area contributed by atoms with E-state index in [4.69, 9.17) is 5.11 Å². The highest BCUT2D eigenvalue weighted by Crippen LogP contribution is 2.01. The van der Waals surface area contributed by atoms with E-state index in [1.54, 1.807) is 0 Å². The minimum absolute atomic E-state index is 0.298. The number of carbonyl (C=O) groups is 1. The van der Waals surface area contributed by atoms with E-state index in [1.165, 1.54) is 6.38 Å². The Hall–Kier alpha value is -0.540. The summed E-state index contributed by atoms with van der Waals surface area (Å²) in [5, 5.41) is 8.43. The fourth-order valence-corrected chi connectivity index (χ4v) is 0.716. The first kappa shape index (κ1) is 15.0. The molecule has 0 saturated carbocycles. The molecular formula is C9H18ClNO2. The average molecular weight is 208 g/mol. The molecule has 4 heteroatoms. The van der Waals surface area contributed by atoms with E-state index in [-0.39, 0.29) is 0 Å². The van der Waals surface area contributed by atoms with Crippen LogP contribution in [-0.2, 0) is 4.79 Å². The molecule has 0 heterocycles. The van der Waals surface area contributed by atoms with E-state index in [9.17, 15) is 4.79 Å². The standard InChI is InChI=1S/C8H15NO2.CH3Cl/c1-7(8(10)11)5-4-6-9(2)3;1-2/h1,4-6H2,2-3H3,(H,10,11);1H3. The Bertz CT molecular complexity index is 158. The first-order valence-corrected chi connectivity index (χ1v) is 4.73. The Balaban J connectivity index is 0. The van der Waals surface area contributed by atoms with Gasteiger partial charge >= 0.3 is 5.97 Å². The highest BCUT2D eigenvalue weighted by atomic mass is 35.5. The number of rotatable bonds is 5. The molecule has 78 valence electrons. The quantitative estimate of drug-likeness (QED) is 0.552. The van der Waals surface area contributed by atoms with Gasteiger partial charge in [-0.15, -0.1) is 11.6 Å². The topological polar surface area (TPSA) is 40.5 Å². The summed E-state index contributed by atoms with van der Waals surface area (Å²) in [4.78, 5) is 12.3. The van der Waals surface area contributed by atoms with Crippen LogP contribution in [0.4, 0.5) is 0 Å². The molecule has 0 rings (SSSR count). The zero-order chi connectivity index (χ0) is 10.9. The van der Waals surface area contributed by atoms with E-state index in [1.807, 2.05) is 19.0 Å². The van der Waals surface area contributed by atoms with Gasteiger partial charge in [0, 0.05) is 12.0 Å². The van der Waals surface area contributed by atoms with Crippen LogP contribution < -0.4 is 0 Å².